The standard InChI is InChI=1S/C45H29N7/c1-3-12-30(13-4-1)32-16-9-18-35(26-32)44-50-43(31-14-5-2-6-15-31)51-45(52-44)36-19-10-17-33(27-36)34-22-23-38-40(28-34)49-42(39-21-7-8-25-47-39)41(48-38)37-20-11-24-46-29-37/h1-29H. The Hall–Kier alpha value is -7.25. The van der Waals surface area contributed by atoms with Crippen molar-refractivity contribution >= 4 is 11.0 Å². The van der Waals surface area contributed by atoms with Crippen molar-refractivity contribution in [1.29, 1.82) is 0 Å². The van der Waals surface area contributed by atoms with Gasteiger partial charge in [-0.2, -0.15) is 0 Å². The van der Waals surface area contributed by atoms with E-state index in [9.17, 15) is 0 Å². The minimum Gasteiger partial charge on any atom is -0.264 e. The Bertz CT molecular complexity index is 2670. The lowest BCUT2D eigenvalue weighted by Gasteiger charge is -2.12. The number of aromatic nitrogens is 7. The largest absolute Gasteiger partial charge is 0.264 e. The maximum Gasteiger partial charge on any atom is 0.164 e. The van der Waals surface area contributed by atoms with E-state index in [2.05, 4.69) is 58.5 Å². The van der Waals surface area contributed by atoms with Gasteiger partial charge < -0.3 is 0 Å². The first-order chi connectivity index (χ1) is 25.7. The molecule has 4 aromatic heterocycles. The molecule has 244 valence electrons. The summed E-state index contributed by atoms with van der Waals surface area (Å²) in [6.45, 7) is 0. The van der Waals surface area contributed by atoms with E-state index in [1.807, 2.05) is 109 Å². The Morgan fingerprint density at radius 3 is 1.52 bits per heavy atom. The van der Waals surface area contributed by atoms with Gasteiger partial charge in [-0.15, -0.1) is 0 Å². The van der Waals surface area contributed by atoms with Crippen molar-refractivity contribution in [3.8, 4) is 79.1 Å². The zero-order valence-corrected chi connectivity index (χ0v) is 27.9. The van der Waals surface area contributed by atoms with Gasteiger partial charge in [0.05, 0.1) is 16.7 Å². The van der Waals surface area contributed by atoms with E-state index in [1.54, 1.807) is 18.6 Å². The highest BCUT2D eigenvalue weighted by Crippen LogP contribution is 2.33. The summed E-state index contributed by atoms with van der Waals surface area (Å²) in [6, 6.07) is 52.8. The van der Waals surface area contributed by atoms with Crippen LogP contribution in [0, 0.1) is 0 Å². The summed E-state index contributed by atoms with van der Waals surface area (Å²) in [4.78, 5) is 34.1. The fourth-order valence-electron chi connectivity index (χ4n) is 6.28. The molecule has 0 bridgehead atoms. The van der Waals surface area contributed by atoms with Crippen LogP contribution in [0.5, 0.6) is 0 Å². The van der Waals surface area contributed by atoms with Gasteiger partial charge in [0.1, 0.15) is 11.4 Å². The molecule has 4 heterocycles. The second-order valence-corrected chi connectivity index (χ2v) is 12.3. The molecule has 0 unspecified atom stereocenters. The van der Waals surface area contributed by atoms with Crippen LogP contribution < -0.4 is 0 Å². The molecule has 0 N–H and O–H groups in total. The Kier molecular flexibility index (Phi) is 8.04. The molecule has 52 heavy (non-hydrogen) atoms. The Labute approximate surface area is 300 Å². The number of benzene rings is 5. The number of pyridine rings is 2. The molecular formula is C45H29N7. The van der Waals surface area contributed by atoms with Crippen molar-refractivity contribution in [2.24, 2.45) is 0 Å². The first kappa shape index (κ1) is 30.8. The predicted octanol–water partition coefficient (Wildman–Crippen LogP) is 10.3. The molecule has 0 fully saturated rings. The van der Waals surface area contributed by atoms with E-state index in [-0.39, 0.29) is 0 Å². The lowest BCUT2D eigenvalue weighted by molar-refractivity contribution is 1.07. The molecule has 0 aliphatic heterocycles. The molecule has 7 heteroatoms. The number of hydrogen-bond acceptors (Lipinski definition) is 7. The average Bonchev–Trinajstić information content (AvgIpc) is 3.24. The third kappa shape index (κ3) is 6.19. The van der Waals surface area contributed by atoms with E-state index in [0.717, 1.165) is 66.9 Å². The second kappa shape index (κ2) is 13.6. The van der Waals surface area contributed by atoms with Crippen molar-refractivity contribution in [3.05, 3.63) is 176 Å². The van der Waals surface area contributed by atoms with E-state index in [4.69, 9.17) is 24.9 Å². The summed E-state index contributed by atoms with van der Waals surface area (Å²) in [7, 11) is 0. The minimum atomic E-state index is 0.593. The zero-order chi connectivity index (χ0) is 34.7. The summed E-state index contributed by atoms with van der Waals surface area (Å²) in [5, 5.41) is 0. The van der Waals surface area contributed by atoms with Gasteiger partial charge >= 0.3 is 0 Å². The van der Waals surface area contributed by atoms with Crippen LogP contribution in [0.25, 0.3) is 90.1 Å². The van der Waals surface area contributed by atoms with Gasteiger partial charge in [0.25, 0.3) is 0 Å². The highest BCUT2D eigenvalue weighted by molar-refractivity contribution is 5.88. The minimum absolute atomic E-state index is 0.593. The van der Waals surface area contributed by atoms with Crippen molar-refractivity contribution in [1.82, 2.24) is 34.9 Å². The van der Waals surface area contributed by atoms with Crippen LogP contribution >= 0.6 is 0 Å². The number of nitrogens with zero attached hydrogens (tertiary/aromatic N) is 7. The molecule has 0 saturated heterocycles. The number of hydrogen-bond donors (Lipinski definition) is 0. The number of rotatable bonds is 7. The van der Waals surface area contributed by atoms with Crippen LogP contribution in [-0.2, 0) is 0 Å². The third-order valence-corrected chi connectivity index (χ3v) is 8.86. The van der Waals surface area contributed by atoms with Crippen LogP contribution in [0.2, 0.25) is 0 Å². The van der Waals surface area contributed by atoms with Crippen molar-refractivity contribution in [3.63, 3.8) is 0 Å². The zero-order valence-electron chi connectivity index (χ0n) is 27.9. The molecule has 5 aromatic carbocycles. The summed E-state index contributed by atoms with van der Waals surface area (Å²) < 4.78 is 0. The predicted molar refractivity (Wildman–Crippen MR) is 207 cm³/mol. The molecule has 0 spiro atoms. The quantitative estimate of drug-likeness (QED) is 0.167. The van der Waals surface area contributed by atoms with Gasteiger partial charge in [-0.05, 0) is 70.8 Å². The molecule has 9 aromatic rings. The Morgan fingerprint density at radius 2 is 0.865 bits per heavy atom. The van der Waals surface area contributed by atoms with Crippen LogP contribution in [0.1, 0.15) is 0 Å². The number of fused-ring (bicyclic) bond motifs is 1. The van der Waals surface area contributed by atoms with Crippen molar-refractivity contribution in [2.45, 2.75) is 0 Å². The highest BCUT2D eigenvalue weighted by atomic mass is 15.0. The molecule has 0 atom stereocenters. The van der Waals surface area contributed by atoms with Crippen molar-refractivity contribution in [2.75, 3.05) is 0 Å². The van der Waals surface area contributed by atoms with Crippen LogP contribution in [-0.4, -0.2) is 34.9 Å². The Morgan fingerprint density at radius 1 is 0.308 bits per heavy atom. The first-order valence-electron chi connectivity index (χ1n) is 17.0. The van der Waals surface area contributed by atoms with Crippen LogP contribution in [0.3, 0.4) is 0 Å². The third-order valence-electron chi connectivity index (χ3n) is 8.86. The van der Waals surface area contributed by atoms with Gasteiger partial charge in [-0.1, -0.05) is 109 Å². The van der Waals surface area contributed by atoms with Crippen LogP contribution in [0.4, 0.5) is 0 Å². The van der Waals surface area contributed by atoms with Crippen LogP contribution in [0.15, 0.2) is 176 Å². The molecule has 0 aliphatic rings. The van der Waals surface area contributed by atoms with E-state index >= 15 is 0 Å². The highest BCUT2D eigenvalue weighted by Gasteiger charge is 2.17. The van der Waals surface area contributed by atoms with Gasteiger partial charge in [0.2, 0.25) is 0 Å². The maximum atomic E-state index is 5.12. The fourth-order valence-corrected chi connectivity index (χ4v) is 6.28. The fraction of sp³-hybridized carbons (Fsp3) is 0. The van der Waals surface area contributed by atoms with E-state index < -0.39 is 0 Å². The Balaban J connectivity index is 1.14. The molecule has 0 radical (unpaired) electrons. The summed E-state index contributed by atoms with van der Waals surface area (Å²) >= 11 is 0. The summed E-state index contributed by atoms with van der Waals surface area (Å²) in [5.74, 6) is 1.82. The van der Waals surface area contributed by atoms with Gasteiger partial charge in [-0.25, -0.2) is 24.9 Å². The summed E-state index contributed by atoms with van der Waals surface area (Å²) in [5.41, 5.74) is 11.6. The smallest absolute Gasteiger partial charge is 0.164 e. The SMILES string of the molecule is c1ccc(-c2cccc(-c3nc(-c4ccccc4)nc(-c4cccc(-c5ccc6nc(-c7cccnc7)c(-c7ccccn7)nc6c5)c4)n3)c2)cc1. The molecule has 0 amide bonds. The van der Waals surface area contributed by atoms with Gasteiger partial charge in [-0.3, -0.25) is 9.97 Å². The second-order valence-electron chi connectivity index (χ2n) is 12.3. The average molecular weight is 668 g/mol. The first-order valence-corrected chi connectivity index (χ1v) is 17.0. The monoisotopic (exact) mass is 667 g/mol. The molecule has 0 aliphatic carbocycles. The topological polar surface area (TPSA) is 90.2 Å². The van der Waals surface area contributed by atoms with Gasteiger partial charge in [0, 0.05) is 40.8 Å². The maximum absolute atomic E-state index is 5.12. The normalized spacial score (nSPS) is 11.1. The summed E-state index contributed by atoms with van der Waals surface area (Å²) in [6.07, 6.45) is 5.33. The lowest BCUT2D eigenvalue weighted by atomic mass is 10.0. The molecular weight excluding hydrogens is 639 g/mol. The lowest BCUT2D eigenvalue weighted by Crippen LogP contribution is -2.00. The van der Waals surface area contributed by atoms with E-state index in [0.29, 0.717) is 23.2 Å². The van der Waals surface area contributed by atoms with E-state index in [1.165, 1.54) is 0 Å². The molecule has 7 nitrogen and oxygen atoms in total. The molecule has 0 saturated carbocycles. The van der Waals surface area contributed by atoms with Crippen molar-refractivity contribution < 1.29 is 0 Å². The molecule has 9 rings (SSSR count). The van der Waals surface area contributed by atoms with Gasteiger partial charge in [0.15, 0.2) is 17.5 Å².